The molecule has 262 valence electrons. The van der Waals surface area contributed by atoms with Crippen molar-refractivity contribution in [1.29, 1.82) is 0 Å². The average molecular weight is 717 g/mol. The smallest absolute Gasteiger partial charge is 0.164 e. The van der Waals surface area contributed by atoms with Crippen LogP contribution in [0.3, 0.4) is 0 Å². The van der Waals surface area contributed by atoms with E-state index in [2.05, 4.69) is 126 Å². The summed E-state index contributed by atoms with van der Waals surface area (Å²) in [7, 11) is 0. The fourth-order valence-corrected chi connectivity index (χ4v) is 8.10. The molecule has 0 spiro atoms. The van der Waals surface area contributed by atoms with Crippen LogP contribution in [0.15, 0.2) is 199 Å². The van der Waals surface area contributed by atoms with E-state index < -0.39 is 0 Å². The summed E-state index contributed by atoms with van der Waals surface area (Å²) in [5.74, 6) is 1.84. The van der Waals surface area contributed by atoms with E-state index in [0.717, 1.165) is 55.4 Å². The van der Waals surface area contributed by atoms with Crippen molar-refractivity contribution in [2.24, 2.45) is 0 Å². The van der Waals surface area contributed by atoms with E-state index in [0.29, 0.717) is 17.5 Å². The number of nitrogens with zero attached hydrogens (tertiary/aromatic N) is 4. The first kappa shape index (κ1) is 31.9. The molecule has 0 atom stereocenters. The Bertz CT molecular complexity index is 3180. The van der Waals surface area contributed by atoms with Crippen molar-refractivity contribution in [3.63, 3.8) is 0 Å². The minimum atomic E-state index is 0.597. The Kier molecular flexibility index (Phi) is 7.42. The van der Waals surface area contributed by atoms with Gasteiger partial charge in [0.1, 0.15) is 11.2 Å². The number of para-hydroxylation sites is 1. The molecule has 0 aliphatic heterocycles. The van der Waals surface area contributed by atoms with Crippen LogP contribution in [0.2, 0.25) is 0 Å². The molecule has 0 N–H and O–H groups in total. The van der Waals surface area contributed by atoms with E-state index in [1.54, 1.807) is 0 Å². The first-order chi connectivity index (χ1) is 27.8. The molecule has 0 amide bonds. The standard InChI is InChI=1S/C51H32N4O/c1-4-15-33(16-5-1)39-24-13-27-44-47(39)40-23-10-11-26-43(40)55(44)38-22-12-21-36(31-38)37-29-30-45-42(32-37)48-41(25-14-28-46(48)56-45)51-53-49(34-17-6-2-7-18-34)52-50(54-51)35-19-8-3-9-20-35/h1-32H. The zero-order valence-electron chi connectivity index (χ0n) is 30.2. The predicted octanol–water partition coefficient (Wildman–Crippen LogP) is 13.2. The minimum absolute atomic E-state index is 0.597. The molecule has 0 aliphatic carbocycles. The van der Waals surface area contributed by atoms with Crippen LogP contribution in [0.25, 0.3) is 106 Å². The van der Waals surface area contributed by atoms with Gasteiger partial charge in [-0.25, -0.2) is 15.0 Å². The lowest BCUT2D eigenvalue weighted by atomic mass is 9.99. The van der Waals surface area contributed by atoms with Crippen LogP contribution in [-0.4, -0.2) is 19.5 Å². The largest absolute Gasteiger partial charge is 0.456 e. The van der Waals surface area contributed by atoms with E-state index in [1.807, 2.05) is 72.8 Å². The maximum atomic E-state index is 6.49. The molecule has 0 fully saturated rings. The molecule has 0 aliphatic rings. The van der Waals surface area contributed by atoms with E-state index in [1.165, 1.54) is 32.9 Å². The third-order valence-corrected chi connectivity index (χ3v) is 10.7. The van der Waals surface area contributed by atoms with Crippen molar-refractivity contribution in [3.8, 4) is 62.1 Å². The van der Waals surface area contributed by atoms with Gasteiger partial charge < -0.3 is 8.98 Å². The van der Waals surface area contributed by atoms with Crippen LogP contribution >= 0.6 is 0 Å². The van der Waals surface area contributed by atoms with Crippen LogP contribution in [0, 0.1) is 0 Å². The normalized spacial score (nSPS) is 11.6. The van der Waals surface area contributed by atoms with E-state index in [-0.39, 0.29) is 0 Å². The van der Waals surface area contributed by atoms with E-state index in [9.17, 15) is 0 Å². The number of hydrogen-bond acceptors (Lipinski definition) is 4. The monoisotopic (exact) mass is 716 g/mol. The molecule has 3 heterocycles. The van der Waals surface area contributed by atoms with Crippen LogP contribution in [0.1, 0.15) is 0 Å². The Balaban J connectivity index is 1.07. The summed E-state index contributed by atoms with van der Waals surface area (Å²) in [5.41, 5.74) is 12.4. The predicted molar refractivity (Wildman–Crippen MR) is 229 cm³/mol. The lowest BCUT2D eigenvalue weighted by Crippen LogP contribution is -2.00. The van der Waals surface area contributed by atoms with Crippen molar-refractivity contribution in [1.82, 2.24) is 19.5 Å². The van der Waals surface area contributed by atoms with Gasteiger partial charge in [0.15, 0.2) is 17.5 Å². The van der Waals surface area contributed by atoms with Gasteiger partial charge in [0.05, 0.1) is 11.0 Å². The van der Waals surface area contributed by atoms with Gasteiger partial charge in [-0.3, -0.25) is 0 Å². The zero-order chi connectivity index (χ0) is 37.0. The summed E-state index contributed by atoms with van der Waals surface area (Å²) < 4.78 is 8.88. The molecule has 5 nitrogen and oxygen atoms in total. The third kappa shape index (κ3) is 5.29. The maximum absolute atomic E-state index is 6.49. The molecule has 8 aromatic carbocycles. The topological polar surface area (TPSA) is 56.7 Å². The zero-order valence-corrected chi connectivity index (χ0v) is 30.2. The second-order valence-electron chi connectivity index (χ2n) is 14.0. The Morgan fingerprint density at radius 2 is 0.911 bits per heavy atom. The fourth-order valence-electron chi connectivity index (χ4n) is 8.10. The Labute approximate surface area is 322 Å². The number of fused-ring (bicyclic) bond motifs is 6. The lowest BCUT2D eigenvalue weighted by molar-refractivity contribution is 0.669. The number of benzene rings is 8. The summed E-state index contributed by atoms with van der Waals surface area (Å²) >= 11 is 0. The van der Waals surface area contributed by atoms with Gasteiger partial charge in [-0.1, -0.05) is 152 Å². The first-order valence-corrected chi connectivity index (χ1v) is 18.8. The van der Waals surface area contributed by atoms with E-state index in [4.69, 9.17) is 19.4 Å². The van der Waals surface area contributed by atoms with Crippen molar-refractivity contribution in [2.75, 3.05) is 0 Å². The molecule has 11 rings (SSSR count). The third-order valence-electron chi connectivity index (χ3n) is 10.7. The first-order valence-electron chi connectivity index (χ1n) is 18.8. The number of furan rings is 1. The van der Waals surface area contributed by atoms with Gasteiger partial charge in [0.25, 0.3) is 0 Å². The van der Waals surface area contributed by atoms with Crippen molar-refractivity contribution < 1.29 is 4.42 Å². The summed E-state index contributed by atoms with van der Waals surface area (Å²) in [6.07, 6.45) is 0. The molecule has 0 bridgehead atoms. The molecule has 0 saturated carbocycles. The molecule has 5 heteroatoms. The van der Waals surface area contributed by atoms with Crippen LogP contribution < -0.4 is 0 Å². The number of aromatic nitrogens is 4. The highest BCUT2D eigenvalue weighted by Gasteiger charge is 2.20. The minimum Gasteiger partial charge on any atom is -0.456 e. The van der Waals surface area contributed by atoms with Gasteiger partial charge in [-0.05, 0) is 64.7 Å². The SMILES string of the molecule is c1ccc(-c2nc(-c3ccccc3)nc(-c3cccc4oc5ccc(-c6cccc(-n7c8ccccc8c8c(-c9ccccc9)cccc87)c6)cc5c34)n2)cc1. The van der Waals surface area contributed by atoms with Gasteiger partial charge in [0, 0.05) is 43.9 Å². The summed E-state index contributed by atoms with van der Waals surface area (Å²) in [4.78, 5) is 15.1. The highest BCUT2D eigenvalue weighted by Crippen LogP contribution is 2.41. The maximum Gasteiger partial charge on any atom is 0.164 e. The summed E-state index contributed by atoms with van der Waals surface area (Å²) in [6.45, 7) is 0. The highest BCUT2D eigenvalue weighted by atomic mass is 16.3. The summed E-state index contributed by atoms with van der Waals surface area (Å²) in [6, 6.07) is 67.5. The number of hydrogen-bond donors (Lipinski definition) is 0. The Morgan fingerprint density at radius 3 is 1.66 bits per heavy atom. The van der Waals surface area contributed by atoms with Gasteiger partial charge >= 0.3 is 0 Å². The van der Waals surface area contributed by atoms with Gasteiger partial charge in [0.2, 0.25) is 0 Å². The average Bonchev–Trinajstić information content (AvgIpc) is 3.83. The molecule has 3 aromatic heterocycles. The van der Waals surface area contributed by atoms with Crippen LogP contribution in [0.5, 0.6) is 0 Å². The molecular formula is C51H32N4O. The lowest BCUT2D eigenvalue weighted by Gasteiger charge is -2.11. The fraction of sp³-hybridized carbons (Fsp3) is 0. The quantitative estimate of drug-likeness (QED) is 0.172. The van der Waals surface area contributed by atoms with Crippen molar-refractivity contribution in [2.45, 2.75) is 0 Å². The van der Waals surface area contributed by atoms with Gasteiger partial charge in [-0.15, -0.1) is 0 Å². The van der Waals surface area contributed by atoms with Crippen molar-refractivity contribution in [3.05, 3.63) is 194 Å². The molecule has 0 radical (unpaired) electrons. The van der Waals surface area contributed by atoms with Gasteiger partial charge in [-0.2, -0.15) is 0 Å². The molecular weight excluding hydrogens is 685 g/mol. The molecule has 0 saturated heterocycles. The molecule has 11 aromatic rings. The second kappa shape index (κ2) is 13.0. The molecule has 0 unspecified atom stereocenters. The Hall–Kier alpha value is -7.63. The molecule has 56 heavy (non-hydrogen) atoms. The highest BCUT2D eigenvalue weighted by molar-refractivity contribution is 6.16. The van der Waals surface area contributed by atoms with Crippen LogP contribution in [-0.2, 0) is 0 Å². The number of rotatable bonds is 6. The summed E-state index contributed by atoms with van der Waals surface area (Å²) in [5, 5.41) is 4.46. The second-order valence-corrected chi connectivity index (χ2v) is 14.0. The van der Waals surface area contributed by atoms with E-state index >= 15 is 0 Å². The van der Waals surface area contributed by atoms with Crippen molar-refractivity contribution >= 4 is 43.7 Å². The Morgan fingerprint density at radius 1 is 0.339 bits per heavy atom. The van der Waals surface area contributed by atoms with Crippen LogP contribution in [0.4, 0.5) is 0 Å².